The molecule has 1 aliphatic rings. The largest absolute Gasteiger partial charge is 0.309 e. The van der Waals surface area contributed by atoms with E-state index in [0.717, 1.165) is 6.54 Å². The summed E-state index contributed by atoms with van der Waals surface area (Å²) in [5.74, 6) is 0. The van der Waals surface area contributed by atoms with E-state index >= 15 is 0 Å². The maximum atomic E-state index is 3.85. The van der Waals surface area contributed by atoms with E-state index in [-0.39, 0.29) is 5.54 Å². The molecule has 1 atom stereocenters. The Bertz CT molecular complexity index is 277. The van der Waals surface area contributed by atoms with Crippen LogP contribution in [0.3, 0.4) is 0 Å². The van der Waals surface area contributed by atoms with Gasteiger partial charge in [-0.3, -0.25) is 0 Å². The van der Waals surface area contributed by atoms with Gasteiger partial charge in [0.2, 0.25) is 0 Å². The first-order valence-electron chi connectivity index (χ1n) is 8.22. The van der Waals surface area contributed by atoms with Crippen molar-refractivity contribution in [3.63, 3.8) is 0 Å². The van der Waals surface area contributed by atoms with E-state index in [1.54, 1.807) is 5.57 Å². The van der Waals surface area contributed by atoms with Crippen molar-refractivity contribution in [1.82, 2.24) is 10.2 Å². The molecule has 0 heterocycles. The summed E-state index contributed by atoms with van der Waals surface area (Å²) in [4.78, 5) is 2.45. The Labute approximate surface area is 120 Å². The van der Waals surface area contributed by atoms with Crippen LogP contribution in [0, 0.1) is 0 Å². The van der Waals surface area contributed by atoms with Gasteiger partial charge in [-0.1, -0.05) is 32.4 Å². The number of nitrogens with one attached hydrogen (secondary N) is 1. The first kappa shape index (κ1) is 16.7. The molecule has 0 saturated heterocycles. The average molecular weight is 266 g/mol. The van der Waals surface area contributed by atoms with E-state index in [4.69, 9.17) is 0 Å². The Morgan fingerprint density at radius 2 is 1.89 bits per heavy atom. The van der Waals surface area contributed by atoms with Crippen LogP contribution >= 0.6 is 0 Å². The second-order valence-electron chi connectivity index (χ2n) is 6.12. The van der Waals surface area contributed by atoms with Gasteiger partial charge in [-0.15, -0.1) is 0 Å². The second-order valence-corrected chi connectivity index (χ2v) is 6.12. The van der Waals surface area contributed by atoms with Gasteiger partial charge in [0.05, 0.1) is 0 Å². The van der Waals surface area contributed by atoms with Gasteiger partial charge >= 0.3 is 0 Å². The smallest absolute Gasteiger partial charge is 0.0466 e. The monoisotopic (exact) mass is 266 g/mol. The summed E-state index contributed by atoms with van der Waals surface area (Å²) in [7, 11) is 4.49. The Morgan fingerprint density at radius 1 is 1.21 bits per heavy atom. The van der Waals surface area contributed by atoms with Gasteiger partial charge < -0.3 is 10.2 Å². The second kappa shape index (κ2) is 8.06. The Morgan fingerprint density at radius 3 is 2.32 bits per heavy atom. The molecule has 0 aromatic carbocycles. The molecule has 1 N–H and O–H groups in total. The van der Waals surface area contributed by atoms with E-state index in [1.165, 1.54) is 44.9 Å². The quantitative estimate of drug-likeness (QED) is 0.669. The van der Waals surface area contributed by atoms with E-state index < -0.39 is 0 Å². The van der Waals surface area contributed by atoms with E-state index in [1.807, 2.05) is 0 Å². The van der Waals surface area contributed by atoms with Crippen LogP contribution in [-0.4, -0.2) is 37.1 Å². The molecule has 0 amide bonds. The van der Waals surface area contributed by atoms with Crippen molar-refractivity contribution in [3.05, 3.63) is 11.6 Å². The molecular weight excluding hydrogens is 232 g/mol. The first-order chi connectivity index (χ1) is 9.12. The lowest BCUT2D eigenvalue weighted by atomic mass is 9.76. The Hall–Kier alpha value is -0.340. The third-order valence-electron chi connectivity index (χ3n) is 4.95. The first-order valence-corrected chi connectivity index (χ1v) is 8.22. The number of likely N-dealkylation sites (N-methyl/N-ethyl adjacent to an activating group) is 1. The van der Waals surface area contributed by atoms with Gasteiger partial charge in [0, 0.05) is 11.6 Å². The highest BCUT2D eigenvalue weighted by Crippen LogP contribution is 2.33. The van der Waals surface area contributed by atoms with Crippen molar-refractivity contribution in [1.29, 1.82) is 0 Å². The molecule has 0 fully saturated rings. The highest BCUT2D eigenvalue weighted by Gasteiger charge is 2.39. The lowest BCUT2D eigenvalue weighted by molar-refractivity contribution is 0.101. The third-order valence-corrected chi connectivity index (χ3v) is 4.95. The summed E-state index contributed by atoms with van der Waals surface area (Å²) >= 11 is 0. The minimum Gasteiger partial charge on any atom is -0.309 e. The molecule has 0 bridgehead atoms. The van der Waals surface area contributed by atoms with Gasteiger partial charge in [0.25, 0.3) is 0 Å². The summed E-state index contributed by atoms with van der Waals surface area (Å²) in [5.41, 5.74) is 1.93. The summed E-state index contributed by atoms with van der Waals surface area (Å²) in [6, 6.07) is 0.526. The van der Waals surface area contributed by atoms with Crippen LogP contribution in [-0.2, 0) is 0 Å². The SMILES string of the molecule is CCCNC(C1=CCCCC1)C(CC)(CC)N(C)C. The predicted octanol–water partition coefficient (Wildman–Crippen LogP) is 3.98. The zero-order valence-electron chi connectivity index (χ0n) is 13.8. The van der Waals surface area contributed by atoms with Gasteiger partial charge in [-0.2, -0.15) is 0 Å². The van der Waals surface area contributed by atoms with Crippen LogP contribution in [0.2, 0.25) is 0 Å². The van der Waals surface area contributed by atoms with Crippen LogP contribution in [0.15, 0.2) is 11.6 Å². The zero-order valence-corrected chi connectivity index (χ0v) is 13.8. The number of nitrogens with zero attached hydrogens (tertiary/aromatic N) is 1. The third kappa shape index (κ3) is 3.82. The molecule has 0 aromatic rings. The Balaban J connectivity index is 3.01. The van der Waals surface area contributed by atoms with Crippen LogP contribution in [0.5, 0.6) is 0 Å². The molecule has 0 saturated carbocycles. The molecule has 0 spiro atoms. The van der Waals surface area contributed by atoms with Crippen molar-refractivity contribution in [2.45, 2.75) is 77.3 Å². The number of hydrogen-bond acceptors (Lipinski definition) is 2. The fourth-order valence-electron chi connectivity index (χ4n) is 3.63. The van der Waals surface area contributed by atoms with Crippen LogP contribution in [0.1, 0.15) is 65.7 Å². The van der Waals surface area contributed by atoms with Crippen molar-refractivity contribution < 1.29 is 0 Å². The molecule has 19 heavy (non-hydrogen) atoms. The highest BCUT2D eigenvalue weighted by atomic mass is 15.2. The lowest BCUT2D eigenvalue weighted by Crippen LogP contribution is -2.59. The predicted molar refractivity (Wildman–Crippen MR) is 85.6 cm³/mol. The number of rotatable bonds is 8. The number of allylic oxidation sites excluding steroid dienone is 1. The van der Waals surface area contributed by atoms with Crippen molar-refractivity contribution >= 4 is 0 Å². The topological polar surface area (TPSA) is 15.3 Å². The van der Waals surface area contributed by atoms with Gasteiger partial charge in [-0.25, -0.2) is 0 Å². The van der Waals surface area contributed by atoms with Crippen molar-refractivity contribution in [2.24, 2.45) is 0 Å². The van der Waals surface area contributed by atoms with Gasteiger partial charge in [-0.05, 0) is 65.6 Å². The molecule has 112 valence electrons. The average Bonchev–Trinajstić information content (AvgIpc) is 2.44. The minimum atomic E-state index is 0.262. The summed E-state index contributed by atoms with van der Waals surface area (Å²) in [6.07, 6.45) is 11.4. The van der Waals surface area contributed by atoms with Gasteiger partial charge in [0.1, 0.15) is 0 Å². The van der Waals surface area contributed by atoms with E-state index in [2.05, 4.69) is 51.2 Å². The highest BCUT2D eigenvalue weighted by molar-refractivity contribution is 5.21. The van der Waals surface area contributed by atoms with Crippen molar-refractivity contribution in [2.75, 3.05) is 20.6 Å². The summed E-state index contributed by atoms with van der Waals surface area (Å²) in [6.45, 7) is 8.06. The molecule has 2 nitrogen and oxygen atoms in total. The van der Waals surface area contributed by atoms with Crippen LogP contribution in [0.4, 0.5) is 0 Å². The fourth-order valence-corrected chi connectivity index (χ4v) is 3.63. The maximum absolute atomic E-state index is 3.85. The molecule has 1 aliphatic carbocycles. The summed E-state index contributed by atoms with van der Waals surface area (Å²) in [5, 5.41) is 3.85. The lowest BCUT2D eigenvalue weighted by Gasteiger charge is -2.47. The normalized spacial score (nSPS) is 18.5. The molecule has 0 aliphatic heterocycles. The standard InChI is InChI=1S/C17H34N2/c1-6-14-18-16(15-12-10-9-11-13-15)17(7-2,8-3)19(4)5/h12,16,18H,6-11,13-14H2,1-5H3. The zero-order chi connectivity index (χ0) is 14.3. The van der Waals surface area contributed by atoms with E-state index in [0.29, 0.717) is 6.04 Å². The molecule has 0 aromatic heterocycles. The summed E-state index contributed by atoms with van der Waals surface area (Å²) < 4.78 is 0. The van der Waals surface area contributed by atoms with Crippen LogP contribution in [0.25, 0.3) is 0 Å². The minimum absolute atomic E-state index is 0.262. The molecule has 1 unspecified atom stereocenters. The maximum Gasteiger partial charge on any atom is 0.0466 e. The number of hydrogen-bond donors (Lipinski definition) is 1. The molecule has 2 heteroatoms. The Kier molecular flexibility index (Phi) is 7.09. The van der Waals surface area contributed by atoms with Crippen LogP contribution < -0.4 is 5.32 Å². The fraction of sp³-hybridized carbons (Fsp3) is 0.882. The van der Waals surface area contributed by atoms with Crippen molar-refractivity contribution in [3.8, 4) is 0 Å². The molecule has 0 radical (unpaired) electrons. The van der Waals surface area contributed by atoms with Gasteiger partial charge in [0.15, 0.2) is 0 Å². The molecule has 1 rings (SSSR count). The molecular formula is C17H34N2. The van der Waals surface area contributed by atoms with E-state index in [9.17, 15) is 0 Å².